The zero-order valence-corrected chi connectivity index (χ0v) is 12.5. The summed E-state index contributed by atoms with van der Waals surface area (Å²) in [5.41, 5.74) is 2.19. The molecule has 5 heteroatoms. The van der Waals surface area contributed by atoms with Crippen LogP contribution in [-0.4, -0.2) is 29.1 Å². The summed E-state index contributed by atoms with van der Waals surface area (Å²) < 4.78 is 0. The van der Waals surface area contributed by atoms with Gasteiger partial charge < -0.3 is 10.4 Å². The Hall–Kier alpha value is -2.16. The van der Waals surface area contributed by atoms with E-state index in [-0.39, 0.29) is 12.5 Å². The average Bonchev–Trinajstić information content (AvgIpc) is 2.98. The summed E-state index contributed by atoms with van der Waals surface area (Å²) in [6.45, 7) is 2.25. The Balaban J connectivity index is 2.04. The monoisotopic (exact) mass is 300 g/mol. The Labute approximate surface area is 127 Å². The van der Waals surface area contributed by atoms with Crippen LogP contribution in [0.2, 0.25) is 0 Å². The maximum Gasteiger partial charge on any atom is 0.252 e. The van der Waals surface area contributed by atoms with Crippen LogP contribution in [0.1, 0.15) is 26.5 Å². The second kappa shape index (κ2) is 7.58. The molecule has 0 atom stereocenters. The van der Waals surface area contributed by atoms with Gasteiger partial charge in [-0.05, 0) is 24.6 Å². The minimum absolute atomic E-state index is 0.159. The summed E-state index contributed by atoms with van der Waals surface area (Å²) in [6, 6.07) is 5.48. The normalized spacial score (nSPS) is 9.81. The topological polar surface area (TPSA) is 62.2 Å². The second-order valence-corrected chi connectivity index (χ2v) is 5.42. The van der Waals surface area contributed by atoms with Crippen LogP contribution < -0.4 is 5.32 Å². The molecule has 4 nitrogen and oxygen atoms in total. The molecule has 1 amide bonds. The lowest BCUT2D eigenvalue weighted by Gasteiger charge is -2.07. The van der Waals surface area contributed by atoms with Gasteiger partial charge in [-0.25, -0.2) is 4.98 Å². The van der Waals surface area contributed by atoms with Gasteiger partial charge in [0.05, 0.1) is 10.6 Å². The number of aryl methyl sites for hydroxylation is 1. The Morgan fingerprint density at radius 3 is 3.05 bits per heavy atom. The van der Waals surface area contributed by atoms with Gasteiger partial charge in [0, 0.05) is 30.1 Å². The molecule has 2 N–H and O–H groups in total. The highest BCUT2D eigenvalue weighted by Gasteiger charge is 2.10. The summed E-state index contributed by atoms with van der Waals surface area (Å²) in [5.74, 6) is 5.24. The molecule has 0 saturated carbocycles. The van der Waals surface area contributed by atoms with Gasteiger partial charge in [-0.15, -0.1) is 11.3 Å². The number of carbonyl (C=O) groups excluding carboxylic acids is 1. The van der Waals surface area contributed by atoms with Gasteiger partial charge in [0.25, 0.3) is 5.91 Å². The molecule has 1 heterocycles. The first kappa shape index (κ1) is 15.2. The molecule has 2 aromatic rings. The minimum atomic E-state index is -0.223. The van der Waals surface area contributed by atoms with Crippen molar-refractivity contribution in [2.45, 2.75) is 13.3 Å². The highest BCUT2D eigenvalue weighted by molar-refractivity contribution is 7.09. The van der Waals surface area contributed by atoms with E-state index in [1.165, 1.54) is 0 Å². The Kier molecular flexibility index (Phi) is 5.50. The largest absolute Gasteiger partial charge is 0.384 e. The van der Waals surface area contributed by atoms with Crippen LogP contribution in [0.15, 0.2) is 29.8 Å². The fourth-order valence-corrected chi connectivity index (χ4v) is 2.47. The summed E-state index contributed by atoms with van der Waals surface area (Å²) in [7, 11) is 0. The summed E-state index contributed by atoms with van der Waals surface area (Å²) >= 11 is 1.57. The van der Waals surface area contributed by atoms with Crippen molar-refractivity contribution in [2.75, 3.05) is 13.2 Å². The number of nitrogens with zero attached hydrogens (tertiary/aromatic N) is 1. The van der Waals surface area contributed by atoms with E-state index in [0.717, 1.165) is 10.6 Å². The molecule has 2 rings (SSSR count). The van der Waals surface area contributed by atoms with Crippen LogP contribution in [0.4, 0.5) is 0 Å². The third-order valence-corrected chi connectivity index (χ3v) is 3.67. The van der Waals surface area contributed by atoms with E-state index in [0.29, 0.717) is 24.1 Å². The van der Waals surface area contributed by atoms with E-state index >= 15 is 0 Å². The number of nitrogens with one attached hydrogen (secondary N) is 1. The van der Waals surface area contributed by atoms with E-state index in [2.05, 4.69) is 22.1 Å². The zero-order valence-electron chi connectivity index (χ0n) is 11.7. The van der Waals surface area contributed by atoms with Crippen molar-refractivity contribution in [3.05, 3.63) is 51.5 Å². The van der Waals surface area contributed by atoms with Crippen molar-refractivity contribution in [2.24, 2.45) is 0 Å². The van der Waals surface area contributed by atoms with Crippen LogP contribution in [0, 0.1) is 18.8 Å². The van der Waals surface area contributed by atoms with Gasteiger partial charge in [-0.1, -0.05) is 17.9 Å². The molecule has 0 aliphatic rings. The van der Waals surface area contributed by atoms with Gasteiger partial charge in [0.2, 0.25) is 0 Å². The van der Waals surface area contributed by atoms with Crippen molar-refractivity contribution in [1.82, 2.24) is 10.3 Å². The van der Waals surface area contributed by atoms with Crippen molar-refractivity contribution < 1.29 is 9.90 Å². The second-order valence-electron chi connectivity index (χ2n) is 4.44. The number of carbonyl (C=O) groups is 1. The van der Waals surface area contributed by atoms with E-state index in [4.69, 9.17) is 5.11 Å². The van der Waals surface area contributed by atoms with Gasteiger partial charge in [0.1, 0.15) is 6.61 Å². The highest BCUT2D eigenvalue weighted by Crippen LogP contribution is 2.11. The summed E-state index contributed by atoms with van der Waals surface area (Å²) in [6.07, 6.45) is 2.47. The van der Waals surface area contributed by atoms with Crippen LogP contribution in [-0.2, 0) is 6.42 Å². The maximum atomic E-state index is 12.2. The van der Waals surface area contributed by atoms with Crippen LogP contribution in [0.5, 0.6) is 0 Å². The maximum absolute atomic E-state index is 12.2. The molecule has 0 unspecified atom stereocenters. The predicted molar refractivity (Wildman–Crippen MR) is 83.3 cm³/mol. The quantitative estimate of drug-likeness (QED) is 0.846. The minimum Gasteiger partial charge on any atom is -0.384 e. The first-order chi connectivity index (χ1) is 10.2. The van der Waals surface area contributed by atoms with Crippen molar-refractivity contribution in [3.8, 4) is 11.8 Å². The fourth-order valence-electron chi connectivity index (χ4n) is 1.85. The number of hydrogen-bond donors (Lipinski definition) is 2. The van der Waals surface area contributed by atoms with E-state index in [9.17, 15) is 4.79 Å². The number of aliphatic hydroxyl groups is 1. The lowest BCUT2D eigenvalue weighted by atomic mass is 10.0. The Morgan fingerprint density at radius 2 is 2.33 bits per heavy atom. The van der Waals surface area contributed by atoms with Crippen LogP contribution in [0.25, 0.3) is 0 Å². The Morgan fingerprint density at radius 1 is 1.48 bits per heavy atom. The molecular weight excluding hydrogens is 284 g/mol. The van der Waals surface area contributed by atoms with Gasteiger partial charge in [0.15, 0.2) is 0 Å². The molecule has 1 aromatic carbocycles. The molecule has 0 aliphatic heterocycles. The molecule has 0 spiro atoms. The molecule has 108 valence electrons. The number of rotatable bonds is 4. The van der Waals surface area contributed by atoms with Crippen LogP contribution >= 0.6 is 11.3 Å². The van der Waals surface area contributed by atoms with Crippen molar-refractivity contribution >= 4 is 17.2 Å². The first-order valence-corrected chi connectivity index (χ1v) is 7.45. The van der Waals surface area contributed by atoms with Crippen molar-refractivity contribution in [1.29, 1.82) is 0 Å². The van der Waals surface area contributed by atoms with E-state index < -0.39 is 0 Å². The summed E-state index contributed by atoms with van der Waals surface area (Å²) in [4.78, 5) is 16.4. The number of hydrogen-bond acceptors (Lipinski definition) is 4. The van der Waals surface area contributed by atoms with Crippen molar-refractivity contribution in [3.63, 3.8) is 0 Å². The predicted octanol–water partition coefficient (Wildman–Crippen LogP) is 1.77. The van der Waals surface area contributed by atoms with Gasteiger partial charge in [-0.2, -0.15) is 0 Å². The number of thiazole rings is 1. The zero-order chi connectivity index (χ0) is 15.1. The highest BCUT2D eigenvalue weighted by atomic mass is 32.1. The first-order valence-electron chi connectivity index (χ1n) is 6.57. The number of amides is 1. The number of aliphatic hydroxyl groups excluding tert-OH is 1. The standard InChI is InChI=1S/C16H16N2O2S/c1-12-4-5-14(13(11-12)3-2-9-19)16(20)18-7-6-15-17-8-10-21-15/h4-5,8,10-11,19H,6-7,9H2,1H3,(H,18,20). The summed E-state index contributed by atoms with van der Waals surface area (Å²) in [5, 5.41) is 14.6. The van der Waals surface area contributed by atoms with E-state index in [1.54, 1.807) is 23.6 Å². The molecule has 1 aromatic heterocycles. The molecule has 0 aliphatic carbocycles. The SMILES string of the molecule is Cc1ccc(C(=O)NCCc2nccs2)c(C#CCO)c1. The van der Waals surface area contributed by atoms with Gasteiger partial charge in [-0.3, -0.25) is 4.79 Å². The van der Waals surface area contributed by atoms with Crippen LogP contribution in [0.3, 0.4) is 0 Å². The van der Waals surface area contributed by atoms with E-state index in [1.807, 2.05) is 24.4 Å². The average molecular weight is 300 g/mol. The van der Waals surface area contributed by atoms with Gasteiger partial charge >= 0.3 is 0 Å². The number of benzene rings is 1. The molecule has 21 heavy (non-hydrogen) atoms. The number of aromatic nitrogens is 1. The lowest BCUT2D eigenvalue weighted by molar-refractivity contribution is 0.0954. The smallest absolute Gasteiger partial charge is 0.252 e. The molecular formula is C16H16N2O2S. The lowest BCUT2D eigenvalue weighted by Crippen LogP contribution is -2.26. The third-order valence-electron chi connectivity index (χ3n) is 2.83. The molecule has 0 bridgehead atoms. The molecule has 0 saturated heterocycles. The molecule has 0 fully saturated rings. The molecule has 0 radical (unpaired) electrons. The third kappa shape index (κ3) is 4.42. The Bertz CT molecular complexity index is 669. The fraction of sp³-hybridized carbons (Fsp3) is 0.250.